The molecule has 0 heteroatoms. The molecule has 0 spiro atoms. The van der Waals surface area contributed by atoms with E-state index in [-0.39, 0.29) is 0 Å². The van der Waals surface area contributed by atoms with Gasteiger partial charge in [0.05, 0.1) is 0 Å². The number of hydrogen-bond donors (Lipinski definition) is 0. The van der Waals surface area contributed by atoms with Gasteiger partial charge in [0.1, 0.15) is 0 Å². The van der Waals surface area contributed by atoms with Crippen LogP contribution in [-0.2, 0) is 25.7 Å². The average molecular weight is 1160 g/mol. The SMILES string of the molecule is CC(C)=CCC[C@H](C)CCc1cccc(C#Cc2cc(C#Cc3cccc(CC[C@@H](C)CCC=C(C)C)c3)c3ccc4c(C#Cc5cccc(CC[C@@H](C)CCC=C(C)C)c5)cc(C#Cc5cccc(CC[C@@H](C)CCC=C(C)C)c5)c5ccc2c3c54)c1. The van der Waals surface area contributed by atoms with Gasteiger partial charge in [0, 0.05) is 44.5 Å². The van der Waals surface area contributed by atoms with Crippen molar-refractivity contribution >= 4 is 32.3 Å². The van der Waals surface area contributed by atoms with Crippen molar-refractivity contribution in [2.75, 3.05) is 0 Å². The van der Waals surface area contributed by atoms with Crippen LogP contribution in [-0.4, -0.2) is 0 Å². The Kier molecular flexibility index (Phi) is 25.0. The molecule has 0 fully saturated rings. The van der Waals surface area contributed by atoms with Gasteiger partial charge in [-0.1, -0.05) is 194 Å². The molecule has 450 valence electrons. The first kappa shape index (κ1) is 66.0. The van der Waals surface area contributed by atoms with Crippen molar-refractivity contribution in [1.82, 2.24) is 0 Å². The maximum atomic E-state index is 3.75. The van der Waals surface area contributed by atoms with Crippen LogP contribution in [0.4, 0.5) is 0 Å². The molecular formula is C88H98. The summed E-state index contributed by atoms with van der Waals surface area (Å²) in [6.07, 6.45) is 27.7. The zero-order valence-electron chi connectivity index (χ0n) is 55.6. The Morgan fingerprint density at radius 1 is 0.284 bits per heavy atom. The van der Waals surface area contributed by atoms with Gasteiger partial charge < -0.3 is 0 Å². The molecule has 0 N–H and O–H groups in total. The van der Waals surface area contributed by atoms with E-state index >= 15 is 0 Å². The zero-order chi connectivity index (χ0) is 62.4. The van der Waals surface area contributed by atoms with Crippen LogP contribution in [0.15, 0.2) is 180 Å². The normalized spacial score (nSPS) is 12.3. The second-order valence-electron chi connectivity index (χ2n) is 26.8. The first-order valence-corrected chi connectivity index (χ1v) is 33.3. The summed E-state index contributed by atoms with van der Waals surface area (Å²) in [5.74, 6) is 32.3. The molecule has 88 heavy (non-hydrogen) atoms. The summed E-state index contributed by atoms with van der Waals surface area (Å²) in [5, 5.41) is 6.77. The Bertz CT molecular complexity index is 3520. The Morgan fingerprint density at radius 2 is 0.511 bits per heavy atom. The third kappa shape index (κ3) is 20.6. The van der Waals surface area contributed by atoms with Gasteiger partial charge >= 0.3 is 0 Å². The number of aryl methyl sites for hydroxylation is 4. The second-order valence-corrected chi connectivity index (χ2v) is 26.8. The monoisotopic (exact) mass is 1150 g/mol. The van der Waals surface area contributed by atoms with E-state index in [2.05, 4.69) is 288 Å². The van der Waals surface area contributed by atoms with Crippen LogP contribution in [0.2, 0.25) is 0 Å². The zero-order valence-corrected chi connectivity index (χ0v) is 55.6. The fraction of sp³-hybridized carbons (Fsp3) is 0.364. The van der Waals surface area contributed by atoms with Crippen molar-refractivity contribution in [1.29, 1.82) is 0 Å². The lowest BCUT2D eigenvalue weighted by Crippen LogP contribution is -1.97. The Labute approximate surface area is 532 Å². The molecule has 0 aliphatic carbocycles. The van der Waals surface area contributed by atoms with Crippen molar-refractivity contribution in [3.05, 3.63) is 247 Å². The first-order chi connectivity index (χ1) is 42.5. The maximum absolute atomic E-state index is 3.75. The highest BCUT2D eigenvalue weighted by Gasteiger charge is 2.18. The molecule has 0 nitrogen and oxygen atoms in total. The van der Waals surface area contributed by atoms with Gasteiger partial charge in [-0.25, -0.2) is 0 Å². The molecule has 0 radical (unpaired) electrons. The maximum Gasteiger partial charge on any atom is 0.0340 e. The molecule has 0 aromatic heterocycles. The van der Waals surface area contributed by atoms with Crippen LogP contribution < -0.4 is 0 Å². The predicted octanol–water partition coefficient (Wildman–Crippen LogP) is 23.4. The highest BCUT2D eigenvalue weighted by molar-refractivity contribution is 6.26. The highest BCUT2D eigenvalue weighted by Crippen LogP contribution is 2.40. The number of rotatable bonds is 24. The molecular weight excluding hydrogens is 1060 g/mol. The van der Waals surface area contributed by atoms with E-state index < -0.39 is 0 Å². The summed E-state index contributed by atoms with van der Waals surface area (Å²) in [5.41, 5.74) is 18.9. The van der Waals surface area contributed by atoms with E-state index in [0.717, 1.165) is 154 Å². The fourth-order valence-corrected chi connectivity index (χ4v) is 12.0. The average Bonchev–Trinajstić information content (AvgIpc) is 0.768. The third-order valence-electron chi connectivity index (χ3n) is 17.5. The van der Waals surface area contributed by atoms with Gasteiger partial charge in [0.2, 0.25) is 0 Å². The fourth-order valence-electron chi connectivity index (χ4n) is 12.0. The topological polar surface area (TPSA) is 0 Å². The standard InChI is InChI=1S/C88H98/c1-63(2)21-13-25-67(9)37-41-71-29-17-33-75(57-71)45-49-79-61-80(50-46-76-34-18-30-72(58-76)42-38-68(10)26-14-22-64(3)4)84-55-56-86-82(52-48-78-36-20-32-74(60-78)44-40-70(12)28-16-24-66(7)8)62-81(85-54-53-83(79)87(84)88(85)86)51-47-77-35-19-31-73(59-77)43-39-69(11)27-15-23-65(5)6/h17-24,29-36,53-62,67-70H,13-16,25-28,37-44H2,1-12H3/t67-,68-,69-,70-/m0/s1. The van der Waals surface area contributed by atoms with Crippen LogP contribution in [0.25, 0.3) is 32.3 Å². The second kappa shape index (κ2) is 33.4. The summed E-state index contributed by atoms with van der Waals surface area (Å²) in [6.45, 7) is 27.1. The predicted molar refractivity (Wildman–Crippen MR) is 384 cm³/mol. The van der Waals surface area contributed by atoms with Gasteiger partial charge in [-0.05, 0) is 297 Å². The van der Waals surface area contributed by atoms with Crippen LogP contribution >= 0.6 is 0 Å². The van der Waals surface area contributed by atoms with Gasteiger partial charge in [-0.3, -0.25) is 0 Å². The molecule has 0 aliphatic heterocycles. The smallest absolute Gasteiger partial charge is 0.0340 e. The van der Waals surface area contributed by atoms with Gasteiger partial charge in [-0.15, -0.1) is 0 Å². The summed E-state index contributed by atoms with van der Waals surface area (Å²) in [6, 6.07) is 49.2. The largest absolute Gasteiger partial charge is 0.0859 e. The molecule has 4 atom stereocenters. The van der Waals surface area contributed by atoms with E-state index in [0.29, 0.717) is 23.7 Å². The minimum atomic E-state index is 0.657. The summed E-state index contributed by atoms with van der Waals surface area (Å²) in [7, 11) is 0. The number of hydrogen-bond acceptors (Lipinski definition) is 0. The molecule has 0 heterocycles. The lowest BCUT2D eigenvalue weighted by atomic mass is 9.86. The van der Waals surface area contributed by atoms with E-state index in [1.54, 1.807) is 0 Å². The molecule has 0 saturated carbocycles. The van der Waals surface area contributed by atoms with Crippen molar-refractivity contribution in [3.8, 4) is 47.4 Å². The van der Waals surface area contributed by atoms with Crippen LogP contribution in [0.3, 0.4) is 0 Å². The van der Waals surface area contributed by atoms with E-state index in [4.69, 9.17) is 0 Å². The van der Waals surface area contributed by atoms with E-state index in [1.807, 2.05) is 0 Å². The molecule has 0 aliphatic rings. The van der Waals surface area contributed by atoms with Crippen molar-refractivity contribution in [3.63, 3.8) is 0 Å². The first-order valence-electron chi connectivity index (χ1n) is 33.3. The molecule has 0 bridgehead atoms. The van der Waals surface area contributed by atoms with E-state index in [9.17, 15) is 0 Å². The third-order valence-corrected chi connectivity index (χ3v) is 17.5. The lowest BCUT2D eigenvalue weighted by Gasteiger charge is -2.16. The van der Waals surface area contributed by atoms with Crippen LogP contribution in [0.5, 0.6) is 0 Å². The minimum Gasteiger partial charge on any atom is -0.0859 e. The molecule has 8 aromatic carbocycles. The molecule has 8 rings (SSSR count). The van der Waals surface area contributed by atoms with E-state index in [1.165, 1.54) is 70.2 Å². The quantitative estimate of drug-likeness (QED) is 0.0321. The van der Waals surface area contributed by atoms with Crippen molar-refractivity contribution < 1.29 is 0 Å². The summed E-state index contributed by atoms with van der Waals surface area (Å²) in [4.78, 5) is 0. The van der Waals surface area contributed by atoms with Crippen molar-refractivity contribution in [2.24, 2.45) is 23.7 Å². The summed E-state index contributed by atoms with van der Waals surface area (Å²) >= 11 is 0. The van der Waals surface area contributed by atoms with Gasteiger partial charge in [0.25, 0.3) is 0 Å². The Hall–Kier alpha value is -8.00. The Morgan fingerprint density at radius 3 is 0.727 bits per heavy atom. The highest BCUT2D eigenvalue weighted by atomic mass is 14.2. The van der Waals surface area contributed by atoms with Gasteiger partial charge in [0.15, 0.2) is 0 Å². The molecule has 0 unspecified atom stereocenters. The van der Waals surface area contributed by atoms with Crippen LogP contribution in [0, 0.1) is 71.0 Å². The number of benzene rings is 8. The molecule has 8 aromatic rings. The Balaban J connectivity index is 1.24. The molecule has 0 amide bonds. The van der Waals surface area contributed by atoms with Gasteiger partial charge in [-0.2, -0.15) is 0 Å². The summed E-state index contributed by atoms with van der Waals surface area (Å²) < 4.78 is 0. The number of allylic oxidation sites excluding steroid dienone is 8. The molecule has 0 saturated heterocycles. The lowest BCUT2D eigenvalue weighted by molar-refractivity contribution is 0.497. The minimum absolute atomic E-state index is 0.657. The van der Waals surface area contributed by atoms with Crippen LogP contribution in [0.1, 0.15) is 227 Å². The van der Waals surface area contributed by atoms with Crippen molar-refractivity contribution in [2.45, 2.75) is 186 Å².